The Balaban J connectivity index is 1.63. The van der Waals surface area contributed by atoms with Crippen molar-refractivity contribution < 1.29 is 23.8 Å². The monoisotopic (exact) mass is 437 g/mol. The molecule has 1 amide bonds. The number of para-hydroxylation sites is 1. The second-order valence-electron chi connectivity index (χ2n) is 7.84. The fourth-order valence-electron chi connectivity index (χ4n) is 3.86. The Morgan fingerprint density at radius 1 is 1.22 bits per heavy atom. The Bertz CT molecular complexity index is 1110. The summed E-state index contributed by atoms with van der Waals surface area (Å²) in [6, 6.07) is 15.0. The van der Waals surface area contributed by atoms with Gasteiger partial charge in [-0.3, -0.25) is 9.59 Å². The van der Waals surface area contributed by atoms with Crippen LogP contribution in [-0.4, -0.2) is 38.7 Å². The van der Waals surface area contributed by atoms with E-state index in [1.807, 2.05) is 22.8 Å². The van der Waals surface area contributed by atoms with Crippen LogP contribution in [0.3, 0.4) is 0 Å². The maximum absolute atomic E-state index is 13.5. The molecule has 2 N–H and O–H groups in total. The lowest BCUT2D eigenvalue weighted by Crippen LogP contribution is -2.33. The highest BCUT2D eigenvalue weighted by atomic mass is 19.1. The van der Waals surface area contributed by atoms with Crippen LogP contribution in [0.15, 0.2) is 54.6 Å². The molecule has 3 aromatic rings. The van der Waals surface area contributed by atoms with E-state index < -0.39 is 18.2 Å². The van der Waals surface area contributed by atoms with E-state index in [4.69, 9.17) is 4.74 Å². The normalized spacial score (nSPS) is 18.3. The van der Waals surface area contributed by atoms with Crippen LogP contribution in [0.4, 0.5) is 10.1 Å². The fourth-order valence-corrected chi connectivity index (χ4v) is 3.86. The predicted octanol–water partition coefficient (Wildman–Crippen LogP) is 3.71. The first-order chi connectivity index (χ1) is 15.4. The average Bonchev–Trinajstić information content (AvgIpc) is 3.09. The van der Waals surface area contributed by atoms with Crippen molar-refractivity contribution in [3.8, 4) is 11.4 Å². The Hall–Kier alpha value is -3.52. The fraction of sp³-hybridized carbons (Fsp3) is 0.292. The van der Waals surface area contributed by atoms with Crippen LogP contribution in [0.1, 0.15) is 35.4 Å². The number of aliphatic hydroxyl groups excluding tert-OH is 1. The van der Waals surface area contributed by atoms with E-state index in [2.05, 4.69) is 10.3 Å². The van der Waals surface area contributed by atoms with Gasteiger partial charge in [0.25, 0.3) is 5.91 Å². The summed E-state index contributed by atoms with van der Waals surface area (Å²) in [6.45, 7) is 2.20. The van der Waals surface area contributed by atoms with Crippen molar-refractivity contribution in [3.63, 3.8) is 0 Å². The summed E-state index contributed by atoms with van der Waals surface area (Å²) in [5, 5.41) is 12.7. The lowest BCUT2D eigenvalue weighted by Gasteiger charge is -2.26. The van der Waals surface area contributed by atoms with E-state index in [9.17, 15) is 19.1 Å². The molecule has 1 aliphatic rings. The number of carbonyl (C=O) groups is 2. The van der Waals surface area contributed by atoms with Gasteiger partial charge in [0.15, 0.2) is 0 Å². The largest absolute Gasteiger partial charge is 0.462 e. The third-order valence-electron chi connectivity index (χ3n) is 5.48. The molecular weight excluding hydrogens is 413 g/mol. The minimum atomic E-state index is -0.714. The lowest BCUT2D eigenvalue weighted by atomic mass is 10.0. The molecule has 1 aliphatic heterocycles. The third-order valence-corrected chi connectivity index (χ3v) is 5.48. The number of halogens is 1. The van der Waals surface area contributed by atoms with Crippen molar-refractivity contribution in [1.82, 2.24) is 9.55 Å². The lowest BCUT2D eigenvalue weighted by molar-refractivity contribution is -0.160. The van der Waals surface area contributed by atoms with Gasteiger partial charge in [0.05, 0.1) is 12.5 Å². The number of imidazole rings is 1. The van der Waals surface area contributed by atoms with Crippen molar-refractivity contribution in [1.29, 1.82) is 0 Å². The van der Waals surface area contributed by atoms with Crippen molar-refractivity contribution in [2.24, 2.45) is 0 Å². The quantitative estimate of drug-likeness (QED) is 0.574. The minimum absolute atomic E-state index is 0.00520. The maximum Gasteiger partial charge on any atom is 0.308 e. The van der Waals surface area contributed by atoms with Crippen LogP contribution >= 0.6 is 0 Å². The summed E-state index contributed by atoms with van der Waals surface area (Å²) < 4.78 is 20.7. The molecule has 8 heteroatoms. The first-order valence-corrected chi connectivity index (χ1v) is 10.5. The molecule has 1 saturated heterocycles. The van der Waals surface area contributed by atoms with Gasteiger partial charge in [-0.1, -0.05) is 18.2 Å². The minimum Gasteiger partial charge on any atom is -0.462 e. The number of aliphatic hydroxyl groups is 1. The van der Waals surface area contributed by atoms with E-state index in [1.165, 1.54) is 12.1 Å². The van der Waals surface area contributed by atoms with Gasteiger partial charge in [0, 0.05) is 36.3 Å². The number of hydrogen-bond donors (Lipinski definition) is 2. The SMILES string of the molecule is Cc1c(C(=O)Nc2ccccc2)nc(-c2ccc(F)cc2)n1CC[C@@H]1C[C@@H](O)CC(=O)O1. The van der Waals surface area contributed by atoms with E-state index >= 15 is 0 Å². The van der Waals surface area contributed by atoms with E-state index in [1.54, 1.807) is 31.2 Å². The molecular formula is C24H24FN3O4. The van der Waals surface area contributed by atoms with Crippen molar-refractivity contribution in [2.75, 3.05) is 5.32 Å². The van der Waals surface area contributed by atoms with E-state index in [0.717, 1.165) is 0 Å². The van der Waals surface area contributed by atoms with Crippen LogP contribution in [0.25, 0.3) is 11.4 Å². The maximum atomic E-state index is 13.5. The Labute approximate surface area is 184 Å². The molecule has 32 heavy (non-hydrogen) atoms. The van der Waals surface area contributed by atoms with Gasteiger partial charge in [-0.2, -0.15) is 0 Å². The first-order valence-electron chi connectivity index (χ1n) is 10.5. The van der Waals surface area contributed by atoms with E-state index in [-0.39, 0.29) is 23.8 Å². The standard InChI is InChI=1S/C24H24FN3O4/c1-15-22(24(31)26-18-5-3-2-4-6-18)27-23(16-7-9-17(25)10-8-16)28(15)12-11-20-13-19(29)14-21(30)32-20/h2-10,19-20,29H,11-14H2,1H3,(H,26,31)/t19-,20-/m1/s1. The number of esters is 1. The van der Waals surface area contributed by atoms with Crippen molar-refractivity contribution >= 4 is 17.6 Å². The predicted molar refractivity (Wildman–Crippen MR) is 116 cm³/mol. The number of nitrogens with one attached hydrogen (secondary N) is 1. The molecule has 0 radical (unpaired) electrons. The molecule has 0 aliphatic carbocycles. The number of cyclic esters (lactones) is 1. The van der Waals surface area contributed by atoms with Gasteiger partial charge in [0.2, 0.25) is 0 Å². The molecule has 7 nitrogen and oxygen atoms in total. The molecule has 2 atom stereocenters. The number of amides is 1. The Morgan fingerprint density at radius 2 is 1.94 bits per heavy atom. The Morgan fingerprint density at radius 3 is 2.62 bits per heavy atom. The van der Waals surface area contributed by atoms with Crippen LogP contribution in [0.5, 0.6) is 0 Å². The number of ether oxygens (including phenoxy) is 1. The molecule has 0 unspecified atom stereocenters. The zero-order valence-electron chi connectivity index (χ0n) is 17.6. The number of hydrogen-bond acceptors (Lipinski definition) is 5. The van der Waals surface area contributed by atoms with Gasteiger partial charge < -0.3 is 19.7 Å². The number of aromatic nitrogens is 2. The zero-order chi connectivity index (χ0) is 22.7. The second-order valence-corrected chi connectivity index (χ2v) is 7.84. The van der Waals surface area contributed by atoms with Crippen molar-refractivity contribution in [3.05, 3.63) is 71.8 Å². The van der Waals surface area contributed by atoms with Gasteiger partial charge in [-0.05, 0) is 43.3 Å². The molecule has 1 fully saturated rings. The summed E-state index contributed by atoms with van der Waals surface area (Å²) in [6.07, 6.45) is -0.309. The van der Waals surface area contributed by atoms with Gasteiger partial charge >= 0.3 is 5.97 Å². The van der Waals surface area contributed by atoms with Gasteiger partial charge in [0.1, 0.15) is 23.4 Å². The summed E-state index contributed by atoms with van der Waals surface area (Å²) >= 11 is 0. The molecule has 0 saturated carbocycles. The summed E-state index contributed by atoms with van der Waals surface area (Å²) in [5.41, 5.74) is 2.21. The number of benzene rings is 2. The zero-order valence-corrected chi connectivity index (χ0v) is 17.6. The molecule has 2 aromatic carbocycles. The number of carbonyl (C=O) groups excluding carboxylic acids is 2. The summed E-state index contributed by atoms with van der Waals surface area (Å²) in [4.78, 5) is 29.2. The van der Waals surface area contributed by atoms with Crippen LogP contribution < -0.4 is 5.32 Å². The average molecular weight is 437 g/mol. The molecule has 4 rings (SSSR count). The summed E-state index contributed by atoms with van der Waals surface area (Å²) in [7, 11) is 0. The number of anilines is 1. The highest BCUT2D eigenvalue weighted by Crippen LogP contribution is 2.26. The molecule has 1 aromatic heterocycles. The van der Waals surface area contributed by atoms with Crippen LogP contribution in [0.2, 0.25) is 0 Å². The van der Waals surface area contributed by atoms with E-state index in [0.29, 0.717) is 42.2 Å². The first kappa shape index (κ1) is 21.7. The van der Waals surface area contributed by atoms with Crippen molar-refractivity contribution in [2.45, 2.75) is 44.9 Å². The molecule has 0 spiro atoms. The van der Waals surface area contributed by atoms with Crippen LogP contribution in [0, 0.1) is 12.7 Å². The number of rotatable bonds is 6. The summed E-state index contributed by atoms with van der Waals surface area (Å²) in [5.74, 6) is -0.620. The number of nitrogens with zero attached hydrogens (tertiary/aromatic N) is 2. The molecule has 2 heterocycles. The topological polar surface area (TPSA) is 93.5 Å². The molecule has 166 valence electrons. The highest BCUT2D eigenvalue weighted by molar-refractivity contribution is 6.04. The van der Waals surface area contributed by atoms with Gasteiger partial charge in [-0.25, -0.2) is 9.37 Å². The molecule has 0 bridgehead atoms. The van der Waals surface area contributed by atoms with Gasteiger partial charge in [-0.15, -0.1) is 0 Å². The second kappa shape index (κ2) is 9.32. The smallest absolute Gasteiger partial charge is 0.308 e. The van der Waals surface area contributed by atoms with Crippen LogP contribution in [-0.2, 0) is 16.1 Å². The Kier molecular flexibility index (Phi) is 6.32. The highest BCUT2D eigenvalue weighted by Gasteiger charge is 2.28. The third kappa shape index (κ3) is 4.86.